The van der Waals surface area contributed by atoms with Gasteiger partial charge < -0.3 is 4.74 Å². The number of esters is 2. The monoisotopic (exact) mass is 287 g/mol. The standard InChI is InChI=1S/C15H13NO5/c17-7-3-4-8(18)16(7)13-9-5-1-2-6(10(9)13)12-11(5)14(19)21-15(12)20/h1-2,5-6,9-13H,3-4H2. The number of carbonyl (C=O) groups excluding carboxylic acids is 4. The third-order valence-corrected chi connectivity index (χ3v) is 5.89. The third-order valence-electron chi connectivity index (χ3n) is 5.89. The van der Waals surface area contributed by atoms with E-state index in [1.165, 1.54) is 4.90 Å². The Kier molecular flexibility index (Phi) is 1.90. The van der Waals surface area contributed by atoms with E-state index in [1.807, 2.05) is 12.2 Å². The van der Waals surface area contributed by atoms with Gasteiger partial charge in [0.05, 0.1) is 11.8 Å². The van der Waals surface area contributed by atoms with Crippen molar-refractivity contribution in [1.82, 2.24) is 4.90 Å². The fraction of sp³-hybridized carbons (Fsp3) is 0.600. The molecule has 0 radical (unpaired) electrons. The van der Waals surface area contributed by atoms with Crippen molar-refractivity contribution < 1.29 is 23.9 Å². The van der Waals surface area contributed by atoms with Gasteiger partial charge in [0.2, 0.25) is 11.8 Å². The van der Waals surface area contributed by atoms with E-state index in [4.69, 9.17) is 4.74 Å². The summed E-state index contributed by atoms with van der Waals surface area (Å²) in [5.41, 5.74) is 0. The molecule has 2 heterocycles. The van der Waals surface area contributed by atoms with Crippen LogP contribution < -0.4 is 0 Å². The number of carbonyl (C=O) groups is 4. The van der Waals surface area contributed by atoms with Crippen molar-refractivity contribution in [2.45, 2.75) is 18.9 Å². The summed E-state index contributed by atoms with van der Waals surface area (Å²) in [6, 6.07) is -0.122. The number of cyclic esters (lactones) is 2. The first-order valence-electron chi connectivity index (χ1n) is 7.38. The average Bonchev–Trinajstić information content (AvgIpc) is 3.03. The molecule has 2 aliphatic heterocycles. The van der Waals surface area contributed by atoms with E-state index >= 15 is 0 Å². The molecule has 4 aliphatic carbocycles. The van der Waals surface area contributed by atoms with Crippen LogP contribution in [0.2, 0.25) is 0 Å². The molecule has 6 atom stereocenters. The minimum Gasteiger partial charge on any atom is -0.393 e. The summed E-state index contributed by atoms with van der Waals surface area (Å²) >= 11 is 0. The summed E-state index contributed by atoms with van der Waals surface area (Å²) in [6.45, 7) is 0. The number of amides is 2. The van der Waals surface area contributed by atoms with Crippen molar-refractivity contribution in [2.24, 2.45) is 35.5 Å². The molecule has 21 heavy (non-hydrogen) atoms. The lowest BCUT2D eigenvalue weighted by atomic mass is 9.63. The van der Waals surface area contributed by atoms with Crippen molar-refractivity contribution >= 4 is 23.8 Å². The molecular weight excluding hydrogens is 274 g/mol. The molecule has 6 nitrogen and oxygen atoms in total. The van der Waals surface area contributed by atoms with E-state index in [0.29, 0.717) is 0 Å². The van der Waals surface area contributed by atoms with Gasteiger partial charge in [-0.25, -0.2) is 0 Å². The van der Waals surface area contributed by atoms with Crippen LogP contribution in [0.5, 0.6) is 0 Å². The Balaban J connectivity index is 1.53. The Hall–Kier alpha value is -1.98. The zero-order valence-corrected chi connectivity index (χ0v) is 11.1. The fourth-order valence-electron chi connectivity index (χ4n) is 5.13. The fourth-order valence-corrected chi connectivity index (χ4v) is 5.13. The van der Waals surface area contributed by atoms with Crippen LogP contribution in [-0.4, -0.2) is 34.7 Å². The maximum atomic E-state index is 11.9. The van der Waals surface area contributed by atoms with Crippen molar-refractivity contribution in [1.29, 1.82) is 0 Å². The van der Waals surface area contributed by atoms with Crippen molar-refractivity contribution in [2.75, 3.05) is 0 Å². The van der Waals surface area contributed by atoms with Crippen LogP contribution in [0.4, 0.5) is 0 Å². The summed E-state index contributed by atoms with van der Waals surface area (Å²) in [7, 11) is 0. The van der Waals surface area contributed by atoms with E-state index in [-0.39, 0.29) is 54.4 Å². The van der Waals surface area contributed by atoms with Crippen LogP contribution in [0.25, 0.3) is 0 Å². The zero-order valence-electron chi connectivity index (χ0n) is 11.1. The first-order chi connectivity index (χ1) is 10.1. The number of likely N-dealkylation sites (tertiary alicyclic amines) is 1. The van der Waals surface area contributed by atoms with E-state index < -0.39 is 23.8 Å². The van der Waals surface area contributed by atoms with Crippen molar-refractivity contribution in [3.05, 3.63) is 12.2 Å². The molecule has 6 heteroatoms. The van der Waals surface area contributed by atoms with Crippen LogP contribution in [-0.2, 0) is 23.9 Å². The van der Waals surface area contributed by atoms with E-state index in [1.54, 1.807) is 0 Å². The van der Waals surface area contributed by atoms with Gasteiger partial charge in [-0.15, -0.1) is 0 Å². The first-order valence-corrected chi connectivity index (χ1v) is 7.38. The topological polar surface area (TPSA) is 80.8 Å². The van der Waals surface area contributed by atoms with Crippen molar-refractivity contribution in [3.63, 3.8) is 0 Å². The quantitative estimate of drug-likeness (QED) is 0.291. The second-order valence-corrected chi connectivity index (χ2v) is 6.63. The van der Waals surface area contributed by atoms with E-state index in [0.717, 1.165) is 0 Å². The number of imide groups is 1. The number of hydrogen-bond acceptors (Lipinski definition) is 5. The number of nitrogens with zero attached hydrogens (tertiary/aromatic N) is 1. The highest BCUT2D eigenvalue weighted by molar-refractivity contribution is 6.03. The lowest BCUT2D eigenvalue weighted by Crippen LogP contribution is -2.40. The van der Waals surface area contributed by atoms with Crippen LogP contribution in [0.1, 0.15) is 12.8 Å². The molecule has 2 saturated carbocycles. The Morgan fingerprint density at radius 2 is 1.33 bits per heavy atom. The van der Waals surface area contributed by atoms with Gasteiger partial charge in [-0.05, 0) is 23.7 Å². The maximum Gasteiger partial charge on any atom is 0.318 e. The summed E-state index contributed by atoms with van der Waals surface area (Å²) in [4.78, 5) is 49.1. The SMILES string of the molecule is O=C1OC(=O)C2C3C=CC(C12)C1C3C1N1C(=O)CCC1=O. The molecule has 6 unspecified atom stereocenters. The summed E-state index contributed by atoms with van der Waals surface area (Å²) in [5, 5.41) is 0. The Bertz CT molecular complexity index is 600. The largest absolute Gasteiger partial charge is 0.393 e. The molecule has 0 aromatic rings. The highest BCUT2D eigenvalue weighted by atomic mass is 16.6. The summed E-state index contributed by atoms with van der Waals surface area (Å²) in [5.74, 6) is -1.81. The second kappa shape index (κ2) is 3.43. The lowest BCUT2D eigenvalue weighted by Gasteiger charge is -2.36. The molecule has 6 aliphatic rings. The number of hydrogen-bond donors (Lipinski definition) is 0. The molecule has 2 bridgehead atoms. The predicted molar refractivity (Wildman–Crippen MR) is 66.1 cm³/mol. The van der Waals surface area contributed by atoms with Gasteiger partial charge in [0.15, 0.2) is 0 Å². The third kappa shape index (κ3) is 1.20. The Morgan fingerprint density at radius 3 is 1.81 bits per heavy atom. The number of ether oxygens (including phenoxy) is 1. The van der Waals surface area contributed by atoms with Crippen LogP contribution in [0.15, 0.2) is 12.2 Å². The lowest BCUT2D eigenvalue weighted by molar-refractivity contribution is -0.154. The minimum absolute atomic E-state index is 0.0739. The van der Waals surface area contributed by atoms with Gasteiger partial charge in [0.1, 0.15) is 0 Å². The highest BCUT2D eigenvalue weighted by Gasteiger charge is 2.73. The molecule has 6 rings (SSSR count). The van der Waals surface area contributed by atoms with Gasteiger partial charge in [-0.2, -0.15) is 0 Å². The summed E-state index contributed by atoms with van der Waals surface area (Å²) < 4.78 is 4.80. The van der Waals surface area contributed by atoms with Crippen LogP contribution in [0.3, 0.4) is 0 Å². The molecule has 4 fully saturated rings. The highest BCUT2D eigenvalue weighted by Crippen LogP contribution is 2.67. The van der Waals surface area contributed by atoms with E-state index in [2.05, 4.69) is 0 Å². The van der Waals surface area contributed by atoms with Gasteiger partial charge in [-0.1, -0.05) is 12.2 Å². The number of allylic oxidation sites excluding steroid dienone is 2. The second-order valence-electron chi connectivity index (χ2n) is 6.63. The molecule has 2 saturated heterocycles. The summed E-state index contributed by atoms with van der Waals surface area (Å²) in [6.07, 6.45) is 4.53. The molecule has 0 aromatic carbocycles. The normalized spacial score (nSPS) is 49.5. The van der Waals surface area contributed by atoms with Gasteiger partial charge in [0, 0.05) is 18.9 Å². The van der Waals surface area contributed by atoms with Crippen LogP contribution >= 0.6 is 0 Å². The molecular formula is C15H13NO5. The minimum atomic E-state index is -0.437. The maximum absolute atomic E-state index is 11.9. The molecule has 0 spiro atoms. The zero-order chi connectivity index (χ0) is 14.5. The van der Waals surface area contributed by atoms with Gasteiger partial charge in [-0.3, -0.25) is 24.1 Å². The van der Waals surface area contributed by atoms with Crippen molar-refractivity contribution in [3.8, 4) is 0 Å². The Morgan fingerprint density at radius 1 is 0.857 bits per heavy atom. The smallest absolute Gasteiger partial charge is 0.318 e. The molecule has 2 amide bonds. The predicted octanol–water partition coefficient (Wildman–Crippen LogP) is -0.118. The van der Waals surface area contributed by atoms with E-state index in [9.17, 15) is 19.2 Å². The van der Waals surface area contributed by atoms with Gasteiger partial charge >= 0.3 is 11.9 Å². The van der Waals surface area contributed by atoms with Gasteiger partial charge in [0.25, 0.3) is 0 Å². The Labute approximate surface area is 120 Å². The molecule has 108 valence electrons. The van der Waals surface area contributed by atoms with Crippen LogP contribution in [0, 0.1) is 35.5 Å². The number of rotatable bonds is 1. The molecule has 0 aromatic heterocycles. The average molecular weight is 287 g/mol. The molecule has 0 N–H and O–H groups in total. The first kappa shape index (κ1) is 11.7.